The molecule has 4 nitrogen and oxygen atoms in total. The predicted molar refractivity (Wildman–Crippen MR) is 69.4 cm³/mol. The van der Waals surface area contributed by atoms with Gasteiger partial charge in [0.05, 0.1) is 7.11 Å². The molecule has 0 radical (unpaired) electrons. The molecule has 0 unspecified atom stereocenters. The average molecular weight is 317 g/mol. The summed E-state index contributed by atoms with van der Waals surface area (Å²) in [4.78, 5) is 23.9. The normalized spacial score (nSPS) is 41.1. The van der Waals surface area contributed by atoms with Crippen LogP contribution in [-0.2, 0) is 14.3 Å². The number of alkyl halides is 1. The Morgan fingerprint density at radius 3 is 2.61 bits per heavy atom. The Hall–Kier alpha value is -0.840. The highest BCUT2D eigenvalue weighted by atomic mass is 79.9. The summed E-state index contributed by atoms with van der Waals surface area (Å²) in [7, 11) is 1.20. The van der Waals surface area contributed by atoms with E-state index >= 15 is 0 Å². The van der Waals surface area contributed by atoms with Crippen molar-refractivity contribution in [1.29, 1.82) is 0 Å². The Labute approximate surface area is 115 Å². The molecule has 0 spiro atoms. The van der Waals surface area contributed by atoms with Crippen LogP contribution >= 0.6 is 15.9 Å². The van der Waals surface area contributed by atoms with Crippen LogP contribution in [0.3, 0.4) is 0 Å². The number of esters is 1. The number of methoxy groups -OCH3 is 1. The minimum atomic E-state index is -0.827. The van der Waals surface area contributed by atoms with Crippen molar-refractivity contribution < 1.29 is 19.4 Å². The summed E-state index contributed by atoms with van der Waals surface area (Å²) in [6, 6.07) is 0. The summed E-state index contributed by atoms with van der Waals surface area (Å²) in [5, 5.41) is 10.6. The minimum Gasteiger partial charge on any atom is -0.502 e. The molecule has 0 aliphatic heterocycles. The maximum absolute atomic E-state index is 12.5. The van der Waals surface area contributed by atoms with Crippen molar-refractivity contribution in [2.75, 3.05) is 12.4 Å². The van der Waals surface area contributed by atoms with Gasteiger partial charge in [0.25, 0.3) is 0 Å². The summed E-state index contributed by atoms with van der Waals surface area (Å²) < 4.78 is 4.50. The number of ether oxygens (including phenoxy) is 1. The third kappa shape index (κ3) is 1.37. The van der Waals surface area contributed by atoms with Gasteiger partial charge in [0, 0.05) is 16.3 Å². The van der Waals surface area contributed by atoms with E-state index in [-0.39, 0.29) is 22.7 Å². The van der Waals surface area contributed by atoms with Gasteiger partial charge in [-0.05, 0) is 24.2 Å². The van der Waals surface area contributed by atoms with E-state index in [1.165, 1.54) is 7.11 Å². The first kappa shape index (κ1) is 13.6. The van der Waals surface area contributed by atoms with E-state index in [1.807, 2.05) is 13.8 Å². The lowest BCUT2D eigenvalue weighted by molar-refractivity contribution is -0.139. The largest absolute Gasteiger partial charge is 0.502 e. The first-order valence-electron chi connectivity index (χ1n) is 5.95. The monoisotopic (exact) mass is 316 g/mol. The summed E-state index contributed by atoms with van der Waals surface area (Å²) in [6.07, 6.45) is 1.62. The van der Waals surface area contributed by atoms with Gasteiger partial charge in [0.1, 0.15) is 0 Å². The molecule has 3 atom stereocenters. The molecule has 0 saturated heterocycles. The van der Waals surface area contributed by atoms with Crippen molar-refractivity contribution in [3.8, 4) is 0 Å². The van der Waals surface area contributed by atoms with Crippen molar-refractivity contribution in [2.24, 2.45) is 16.7 Å². The highest BCUT2D eigenvalue weighted by Crippen LogP contribution is 2.66. The number of aliphatic hydroxyl groups is 1. The van der Waals surface area contributed by atoms with Crippen molar-refractivity contribution in [1.82, 2.24) is 0 Å². The topological polar surface area (TPSA) is 63.6 Å². The third-order valence-electron chi connectivity index (χ3n) is 4.97. The second-order valence-electron chi connectivity index (χ2n) is 5.56. The van der Waals surface area contributed by atoms with E-state index in [0.29, 0.717) is 5.33 Å². The van der Waals surface area contributed by atoms with Crippen LogP contribution in [0.2, 0.25) is 0 Å². The van der Waals surface area contributed by atoms with Gasteiger partial charge >= 0.3 is 5.97 Å². The number of ketones is 1. The molecule has 1 N–H and O–H groups in total. The molecule has 0 aromatic carbocycles. The van der Waals surface area contributed by atoms with Crippen molar-refractivity contribution >= 4 is 27.7 Å². The molecule has 0 amide bonds. The van der Waals surface area contributed by atoms with Gasteiger partial charge in [-0.3, -0.25) is 4.79 Å². The fourth-order valence-electron chi connectivity index (χ4n) is 3.43. The highest BCUT2D eigenvalue weighted by molar-refractivity contribution is 9.09. The van der Waals surface area contributed by atoms with Crippen LogP contribution in [0.25, 0.3) is 0 Å². The van der Waals surface area contributed by atoms with Crippen molar-refractivity contribution in [3.05, 3.63) is 11.3 Å². The van der Waals surface area contributed by atoms with Gasteiger partial charge in [-0.2, -0.15) is 0 Å². The first-order chi connectivity index (χ1) is 8.33. The first-order valence-corrected chi connectivity index (χ1v) is 7.08. The quantitative estimate of drug-likeness (QED) is 0.368. The highest BCUT2D eigenvalue weighted by Gasteiger charge is 2.67. The molecule has 2 bridgehead atoms. The Bertz CT molecular complexity index is 456. The van der Waals surface area contributed by atoms with Gasteiger partial charge < -0.3 is 9.84 Å². The van der Waals surface area contributed by atoms with E-state index in [1.54, 1.807) is 0 Å². The van der Waals surface area contributed by atoms with Gasteiger partial charge in [0.15, 0.2) is 5.78 Å². The number of carbonyl (C=O) groups excluding carboxylic acids is 2. The second kappa shape index (κ2) is 4.08. The Kier molecular flexibility index (Phi) is 3.08. The molecule has 18 heavy (non-hydrogen) atoms. The lowest BCUT2D eigenvalue weighted by atomic mass is 9.70. The van der Waals surface area contributed by atoms with Crippen LogP contribution < -0.4 is 0 Å². The number of halogens is 1. The van der Waals surface area contributed by atoms with E-state index in [0.717, 1.165) is 12.8 Å². The van der Waals surface area contributed by atoms with E-state index in [4.69, 9.17) is 0 Å². The molecular weight excluding hydrogens is 300 g/mol. The number of fused-ring (bicyclic) bond motifs is 2. The molecule has 2 aliphatic carbocycles. The molecule has 0 aromatic rings. The number of Topliss-reactive ketones (excluding diaryl/α,β-unsaturated/α-hetero) is 1. The van der Waals surface area contributed by atoms with Gasteiger partial charge in [-0.25, -0.2) is 4.79 Å². The maximum Gasteiger partial charge on any atom is 0.373 e. The molecule has 2 aliphatic rings. The molecule has 2 rings (SSSR count). The smallest absolute Gasteiger partial charge is 0.373 e. The second-order valence-corrected chi connectivity index (χ2v) is 6.12. The number of allylic oxidation sites excluding steroid dienone is 1. The fraction of sp³-hybridized carbons (Fsp3) is 0.692. The van der Waals surface area contributed by atoms with Gasteiger partial charge in [-0.15, -0.1) is 0 Å². The van der Waals surface area contributed by atoms with Crippen molar-refractivity contribution in [3.63, 3.8) is 0 Å². The Morgan fingerprint density at radius 1 is 1.56 bits per heavy atom. The summed E-state index contributed by atoms with van der Waals surface area (Å²) >= 11 is 3.47. The Balaban J connectivity index is 2.57. The number of hydrogen-bond acceptors (Lipinski definition) is 4. The summed E-state index contributed by atoms with van der Waals surface area (Å²) in [5.41, 5.74) is -0.488. The number of carbonyl (C=O) groups is 2. The summed E-state index contributed by atoms with van der Waals surface area (Å²) in [6.45, 7) is 3.96. The zero-order valence-electron chi connectivity index (χ0n) is 10.7. The molecule has 0 heterocycles. The molecular formula is C13H17BrO4. The Morgan fingerprint density at radius 2 is 2.17 bits per heavy atom. The molecule has 5 heteroatoms. The minimum absolute atomic E-state index is 0.0755. The number of rotatable bonds is 2. The summed E-state index contributed by atoms with van der Waals surface area (Å²) in [5.74, 6) is -1.52. The third-order valence-corrected chi connectivity index (χ3v) is 6.13. The van der Waals surface area contributed by atoms with Gasteiger partial charge in [0.2, 0.25) is 5.76 Å². The predicted octanol–water partition coefficient (Wildman–Crippen LogP) is 2.37. The van der Waals surface area contributed by atoms with E-state index < -0.39 is 17.1 Å². The van der Waals surface area contributed by atoms with Gasteiger partial charge in [-0.1, -0.05) is 29.8 Å². The van der Waals surface area contributed by atoms with Crippen LogP contribution in [0, 0.1) is 16.7 Å². The van der Waals surface area contributed by atoms with Crippen LogP contribution in [0.1, 0.15) is 26.7 Å². The van der Waals surface area contributed by atoms with Crippen molar-refractivity contribution in [2.45, 2.75) is 26.7 Å². The molecule has 0 aromatic heterocycles. The van der Waals surface area contributed by atoms with Crippen LogP contribution in [0.5, 0.6) is 0 Å². The zero-order chi connectivity index (χ0) is 13.7. The van der Waals surface area contributed by atoms with Crippen LogP contribution in [0.4, 0.5) is 0 Å². The SMILES string of the molecule is COC(=O)/C(O)=C1/C(=O)[C@@]2(C)CC[C@@H]1[C@@]2(C)CBr. The van der Waals surface area contributed by atoms with Crippen LogP contribution in [-0.4, -0.2) is 29.3 Å². The average Bonchev–Trinajstić information content (AvgIpc) is 2.71. The maximum atomic E-state index is 12.5. The molecule has 2 saturated carbocycles. The lowest BCUT2D eigenvalue weighted by Gasteiger charge is -2.34. The number of hydrogen-bond donors (Lipinski definition) is 1. The van der Waals surface area contributed by atoms with E-state index in [2.05, 4.69) is 20.7 Å². The fourth-order valence-corrected chi connectivity index (χ4v) is 4.44. The van der Waals surface area contributed by atoms with Crippen LogP contribution in [0.15, 0.2) is 11.3 Å². The lowest BCUT2D eigenvalue weighted by Crippen LogP contribution is -2.36. The molecule has 100 valence electrons. The van der Waals surface area contributed by atoms with E-state index in [9.17, 15) is 14.7 Å². The molecule has 2 fully saturated rings. The standard InChI is InChI=1S/C13H17BrO4/c1-12-5-4-7(13(12,2)6-14)8(10(12)16)9(15)11(17)18-3/h7,15H,4-6H2,1-3H3/b9-8-/t7-,12+,13+/m0/s1. The number of aliphatic hydroxyl groups excluding tert-OH is 1. The zero-order valence-corrected chi connectivity index (χ0v) is 12.3.